The molecule has 0 unspecified atom stereocenters. The van der Waals surface area contributed by atoms with Crippen LogP contribution in [0.25, 0.3) is 11.4 Å². The lowest BCUT2D eigenvalue weighted by atomic mass is 10.2. The molecule has 136 valence electrons. The average molecular weight is 419 g/mol. The lowest BCUT2D eigenvalue weighted by molar-refractivity contribution is -0.113. The number of halogens is 2. The number of rotatable bonds is 5. The van der Waals surface area contributed by atoms with Crippen molar-refractivity contribution < 1.29 is 4.79 Å². The molecule has 0 fully saturated rings. The van der Waals surface area contributed by atoms with Gasteiger partial charge in [0.05, 0.1) is 16.3 Å². The fraction of sp³-hybridized carbons (Fsp3) is 0.0588. The van der Waals surface area contributed by atoms with Crippen LogP contribution in [0, 0.1) is 11.3 Å². The third kappa shape index (κ3) is 4.52. The number of nitrogen functional groups attached to an aromatic ring is 1. The highest BCUT2D eigenvalue weighted by Crippen LogP contribution is 2.24. The number of nitrogens with one attached hydrogen (secondary N) is 1. The lowest BCUT2D eigenvalue weighted by Crippen LogP contribution is -2.16. The maximum Gasteiger partial charge on any atom is 0.234 e. The Hall–Kier alpha value is -2.73. The number of aromatic nitrogens is 3. The Bertz CT molecular complexity index is 1030. The molecule has 0 atom stereocenters. The first-order valence-corrected chi connectivity index (χ1v) is 9.31. The number of thioether (sulfide) groups is 1. The highest BCUT2D eigenvalue weighted by atomic mass is 35.5. The summed E-state index contributed by atoms with van der Waals surface area (Å²) >= 11 is 13.0. The molecule has 1 amide bonds. The summed E-state index contributed by atoms with van der Waals surface area (Å²) in [6, 6.07) is 13.7. The average Bonchev–Trinajstić information content (AvgIpc) is 3.01. The number of nitriles is 1. The Morgan fingerprint density at radius 2 is 1.96 bits per heavy atom. The van der Waals surface area contributed by atoms with Gasteiger partial charge in [-0.15, -0.1) is 10.2 Å². The van der Waals surface area contributed by atoms with Gasteiger partial charge in [0.1, 0.15) is 6.07 Å². The summed E-state index contributed by atoms with van der Waals surface area (Å²) in [6.07, 6.45) is 0. The van der Waals surface area contributed by atoms with E-state index in [9.17, 15) is 4.79 Å². The SMILES string of the molecule is N#Cc1ccc(NC(=O)CSc2nnc(-c3ccc(Cl)cc3)n2N)cc1Cl. The largest absolute Gasteiger partial charge is 0.335 e. The molecule has 10 heteroatoms. The molecule has 27 heavy (non-hydrogen) atoms. The topological polar surface area (TPSA) is 110 Å². The van der Waals surface area contributed by atoms with Crippen molar-refractivity contribution in [2.75, 3.05) is 16.9 Å². The first-order chi connectivity index (χ1) is 13.0. The first-order valence-electron chi connectivity index (χ1n) is 7.56. The van der Waals surface area contributed by atoms with Gasteiger partial charge in [-0.1, -0.05) is 35.0 Å². The van der Waals surface area contributed by atoms with Gasteiger partial charge in [-0.2, -0.15) is 5.26 Å². The summed E-state index contributed by atoms with van der Waals surface area (Å²) < 4.78 is 1.32. The number of hydrogen-bond acceptors (Lipinski definition) is 6. The van der Waals surface area contributed by atoms with Crippen LogP contribution in [-0.4, -0.2) is 26.5 Å². The van der Waals surface area contributed by atoms with E-state index in [1.54, 1.807) is 36.4 Å². The van der Waals surface area contributed by atoms with Gasteiger partial charge in [-0.05, 0) is 42.5 Å². The van der Waals surface area contributed by atoms with E-state index in [0.29, 0.717) is 27.3 Å². The second-order valence-corrected chi connectivity index (χ2v) is 7.11. The summed E-state index contributed by atoms with van der Waals surface area (Å²) in [6.45, 7) is 0. The van der Waals surface area contributed by atoms with Gasteiger partial charge in [0.2, 0.25) is 11.1 Å². The van der Waals surface area contributed by atoms with E-state index in [-0.39, 0.29) is 16.7 Å². The Morgan fingerprint density at radius 3 is 2.63 bits per heavy atom. The molecule has 7 nitrogen and oxygen atoms in total. The second-order valence-electron chi connectivity index (χ2n) is 5.33. The van der Waals surface area contributed by atoms with Gasteiger partial charge >= 0.3 is 0 Å². The van der Waals surface area contributed by atoms with Crippen LogP contribution in [0.1, 0.15) is 5.56 Å². The maximum absolute atomic E-state index is 12.1. The van der Waals surface area contributed by atoms with E-state index in [2.05, 4.69) is 15.5 Å². The minimum atomic E-state index is -0.267. The summed E-state index contributed by atoms with van der Waals surface area (Å²) in [5.41, 5.74) is 1.61. The van der Waals surface area contributed by atoms with Gasteiger partial charge in [-0.3, -0.25) is 4.79 Å². The zero-order chi connectivity index (χ0) is 19.4. The van der Waals surface area contributed by atoms with Crippen LogP contribution in [0.15, 0.2) is 47.6 Å². The normalized spacial score (nSPS) is 10.4. The fourth-order valence-corrected chi connectivity index (χ4v) is 3.19. The maximum atomic E-state index is 12.1. The molecule has 0 aliphatic carbocycles. The number of carbonyl (C=O) groups is 1. The standard InChI is InChI=1S/C17H12Cl2N6OS/c18-12-4-1-10(2-5-12)16-23-24-17(25(16)21)27-9-15(26)22-13-6-3-11(8-20)14(19)7-13/h1-7H,9,21H2,(H,22,26). The number of amides is 1. The van der Waals surface area contributed by atoms with Crippen molar-refractivity contribution in [3.8, 4) is 17.5 Å². The van der Waals surface area contributed by atoms with Crippen molar-refractivity contribution in [1.82, 2.24) is 14.9 Å². The second kappa shape index (κ2) is 8.31. The van der Waals surface area contributed by atoms with Crippen LogP contribution in [0.2, 0.25) is 10.0 Å². The van der Waals surface area contributed by atoms with E-state index in [1.165, 1.54) is 10.7 Å². The van der Waals surface area contributed by atoms with Crippen LogP contribution >= 0.6 is 35.0 Å². The lowest BCUT2D eigenvalue weighted by Gasteiger charge is -2.06. The number of nitrogens with two attached hydrogens (primary N) is 1. The van der Waals surface area contributed by atoms with Crippen LogP contribution in [-0.2, 0) is 4.79 Å². The Kier molecular flexibility index (Phi) is 5.86. The molecule has 0 bridgehead atoms. The van der Waals surface area contributed by atoms with Crippen LogP contribution in [0.4, 0.5) is 5.69 Å². The van der Waals surface area contributed by atoms with E-state index in [1.807, 2.05) is 6.07 Å². The van der Waals surface area contributed by atoms with Crippen molar-refractivity contribution >= 4 is 46.6 Å². The van der Waals surface area contributed by atoms with Crippen molar-refractivity contribution in [2.24, 2.45) is 0 Å². The molecule has 0 saturated heterocycles. The summed E-state index contributed by atoms with van der Waals surface area (Å²) in [5, 5.41) is 20.9. The Morgan fingerprint density at radius 1 is 1.22 bits per heavy atom. The summed E-state index contributed by atoms with van der Waals surface area (Å²) in [5.74, 6) is 6.30. The third-order valence-electron chi connectivity index (χ3n) is 3.47. The monoisotopic (exact) mass is 418 g/mol. The molecular formula is C17H12Cl2N6OS. The molecule has 0 aliphatic heterocycles. The molecule has 2 aromatic carbocycles. The third-order valence-corrected chi connectivity index (χ3v) is 4.98. The minimum Gasteiger partial charge on any atom is -0.335 e. The molecule has 1 heterocycles. The number of benzene rings is 2. The molecule has 0 aliphatic rings. The first kappa shape index (κ1) is 19.0. The zero-order valence-corrected chi connectivity index (χ0v) is 16.0. The minimum absolute atomic E-state index is 0.0770. The summed E-state index contributed by atoms with van der Waals surface area (Å²) in [7, 11) is 0. The van der Waals surface area contributed by atoms with E-state index in [0.717, 1.165) is 17.3 Å². The quantitative estimate of drug-likeness (QED) is 0.483. The smallest absolute Gasteiger partial charge is 0.234 e. The molecular weight excluding hydrogens is 407 g/mol. The zero-order valence-electron chi connectivity index (χ0n) is 13.7. The molecule has 3 N–H and O–H groups in total. The van der Waals surface area contributed by atoms with Crippen LogP contribution < -0.4 is 11.2 Å². The summed E-state index contributed by atoms with van der Waals surface area (Å²) in [4.78, 5) is 12.1. The van der Waals surface area contributed by atoms with Crippen molar-refractivity contribution in [1.29, 1.82) is 5.26 Å². The molecule has 0 saturated carbocycles. The molecule has 3 aromatic rings. The number of nitrogens with zero attached hydrogens (tertiary/aromatic N) is 4. The highest BCUT2D eigenvalue weighted by Gasteiger charge is 2.14. The van der Waals surface area contributed by atoms with E-state index < -0.39 is 0 Å². The van der Waals surface area contributed by atoms with Gasteiger partial charge in [-0.25, -0.2) is 4.68 Å². The van der Waals surface area contributed by atoms with Crippen molar-refractivity contribution in [3.63, 3.8) is 0 Å². The van der Waals surface area contributed by atoms with Gasteiger partial charge < -0.3 is 11.2 Å². The van der Waals surface area contributed by atoms with E-state index >= 15 is 0 Å². The predicted octanol–water partition coefficient (Wildman–Crippen LogP) is 3.57. The molecule has 0 spiro atoms. The molecule has 3 rings (SSSR count). The fourth-order valence-electron chi connectivity index (χ4n) is 2.18. The Balaban J connectivity index is 1.63. The van der Waals surface area contributed by atoms with Gasteiger partial charge in [0.15, 0.2) is 5.82 Å². The predicted molar refractivity (Wildman–Crippen MR) is 106 cm³/mol. The van der Waals surface area contributed by atoms with Crippen molar-refractivity contribution in [2.45, 2.75) is 5.16 Å². The van der Waals surface area contributed by atoms with Crippen molar-refractivity contribution in [3.05, 3.63) is 58.1 Å². The molecule has 0 radical (unpaired) electrons. The van der Waals surface area contributed by atoms with Crippen LogP contribution in [0.5, 0.6) is 0 Å². The number of hydrogen-bond donors (Lipinski definition) is 2. The van der Waals surface area contributed by atoms with Gasteiger partial charge in [0, 0.05) is 16.3 Å². The number of carbonyl (C=O) groups excluding carboxylic acids is 1. The number of anilines is 1. The molecule has 1 aromatic heterocycles. The van der Waals surface area contributed by atoms with E-state index in [4.69, 9.17) is 34.3 Å². The van der Waals surface area contributed by atoms with Gasteiger partial charge in [0.25, 0.3) is 0 Å². The Labute approximate surface area is 169 Å². The van der Waals surface area contributed by atoms with Crippen LogP contribution in [0.3, 0.4) is 0 Å². The highest BCUT2D eigenvalue weighted by molar-refractivity contribution is 7.99.